The molecule has 1 aromatic heterocycles. The lowest BCUT2D eigenvalue weighted by Crippen LogP contribution is -2.20. The topological polar surface area (TPSA) is 127 Å². The lowest BCUT2D eigenvalue weighted by Gasteiger charge is -2.20. The van der Waals surface area contributed by atoms with Crippen LogP contribution >= 0.6 is 0 Å². The van der Waals surface area contributed by atoms with Gasteiger partial charge in [0.1, 0.15) is 5.82 Å². The minimum Gasteiger partial charge on any atom is -0.366 e. The molecule has 3 aromatic rings. The molecule has 1 heterocycles. The maximum Gasteiger partial charge on any atom is 0.269 e. The van der Waals surface area contributed by atoms with Crippen LogP contribution in [0.2, 0.25) is 0 Å². The Kier molecular flexibility index (Phi) is 5.16. The molecule has 0 fully saturated rings. The molecule has 142 valence electrons. The second kappa shape index (κ2) is 7.70. The van der Waals surface area contributed by atoms with Gasteiger partial charge in [-0.1, -0.05) is 12.1 Å². The van der Waals surface area contributed by atoms with Crippen molar-refractivity contribution in [3.63, 3.8) is 0 Å². The third-order valence-electron chi connectivity index (χ3n) is 4.16. The van der Waals surface area contributed by atoms with Crippen LogP contribution in [0.5, 0.6) is 0 Å². The maximum atomic E-state index is 11.7. The summed E-state index contributed by atoms with van der Waals surface area (Å²) >= 11 is 0. The van der Waals surface area contributed by atoms with E-state index in [-0.39, 0.29) is 5.69 Å². The smallest absolute Gasteiger partial charge is 0.269 e. The van der Waals surface area contributed by atoms with E-state index in [1.54, 1.807) is 61.5 Å². The van der Waals surface area contributed by atoms with Crippen LogP contribution in [0.3, 0.4) is 0 Å². The standard InChI is InChI=1S/C19H18N6O3/c1-12-11-13(25(27)28)7-8-15(12)22-17-9-10-21-19(23-17)24(2)16-6-4-3-5-14(16)18(20)26/h3-11H,1-2H3,(H2,20,26)(H,21,22,23). The molecule has 28 heavy (non-hydrogen) atoms. The molecule has 0 aliphatic carbocycles. The molecular formula is C19H18N6O3. The van der Waals surface area contributed by atoms with Crippen molar-refractivity contribution >= 4 is 34.7 Å². The van der Waals surface area contributed by atoms with Gasteiger partial charge in [0.15, 0.2) is 0 Å². The van der Waals surface area contributed by atoms with Gasteiger partial charge in [0.05, 0.1) is 16.2 Å². The molecule has 0 bridgehead atoms. The van der Waals surface area contributed by atoms with Gasteiger partial charge >= 0.3 is 0 Å². The molecule has 0 atom stereocenters. The largest absolute Gasteiger partial charge is 0.366 e. The van der Waals surface area contributed by atoms with Crippen molar-refractivity contribution in [2.45, 2.75) is 6.92 Å². The number of hydrogen-bond acceptors (Lipinski definition) is 7. The van der Waals surface area contributed by atoms with Gasteiger partial charge in [0.2, 0.25) is 5.95 Å². The molecule has 0 aliphatic heterocycles. The number of non-ortho nitro benzene ring substituents is 1. The van der Waals surface area contributed by atoms with Gasteiger partial charge in [-0.2, -0.15) is 4.98 Å². The van der Waals surface area contributed by atoms with Crippen LogP contribution in [-0.2, 0) is 0 Å². The summed E-state index contributed by atoms with van der Waals surface area (Å²) in [5, 5.41) is 14.0. The average molecular weight is 378 g/mol. The van der Waals surface area contributed by atoms with Gasteiger partial charge in [-0.3, -0.25) is 14.9 Å². The van der Waals surface area contributed by atoms with Crippen LogP contribution in [-0.4, -0.2) is 27.8 Å². The number of para-hydroxylation sites is 1. The second-order valence-electron chi connectivity index (χ2n) is 6.06. The third kappa shape index (κ3) is 3.88. The fourth-order valence-electron chi connectivity index (χ4n) is 2.70. The zero-order valence-electron chi connectivity index (χ0n) is 15.3. The zero-order chi connectivity index (χ0) is 20.3. The number of nitrogens with one attached hydrogen (secondary N) is 1. The van der Waals surface area contributed by atoms with E-state index in [0.29, 0.717) is 34.3 Å². The Bertz CT molecular complexity index is 1050. The van der Waals surface area contributed by atoms with E-state index in [0.717, 1.165) is 0 Å². The van der Waals surface area contributed by atoms with Crippen molar-refractivity contribution < 1.29 is 9.72 Å². The minimum atomic E-state index is -0.543. The molecule has 9 heteroatoms. The predicted molar refractivity (Wildman–Crippen MR) is 106 cm³/mol. The van der Waals surface area contributed by atoms with E-state index in [9.17, 15) is 14.9 Å². The summed E-state index contributed by atoms with van der Waals surface area (Å²) < 4.78 is 0. The summed E-state index contributed by atoms with van der Waals surface area (Å²) in [4.78, 5) is 32.5. The number of amides is 1. The number of anilines is 4. The zero-order valence-corrected chi connectivity index (χ0v) is 15.3. The van der Waals surface area contributed by atoms with E-state index in [4.69, 9.17) is 5.73 Å². The number of nitro benzene ring substituents is 1. The number of carbonyl (C=O) groups excluding carboxylic acids is 1. The Hall–Kier alpha value is -4.01. The van der Waals surface area contributed by atoms with Crippen molar-refractivity contribution in [2.24, 2.45) is 5.73 Å². The van der Waals surface area contributed by atoms with Crippen LogP contribution < -0.4 is 16.0 Å². The molecule has 3 rings (SSSR count). The van der Waals surface area contributed by atoms with Crippen molar-refractivity contribution in [3.05, 3.63) is 76.0 Å². The Morgan fingerprint density at radius 1 is 1.21 bits per heavy atom. The van der Waals surface area contributed by atoms with Crippen molar-refractivity contribution in [3.8, 4) is 0 Å². The second-order valence-corrected chi connectivity index (χ2v) is 6.06. The Labute approximate surface area is 161 Å². The number of nitrogens with zero attached hydrogens (tertiary/aromatic N) is 4. The summed E-state index contributed by atoms with van der Waals surface area (Å²) in [6.07, 6.45) is 1.58. The number of aromatic nitrogens is 2. The molecule has 9 nitrogen and oxygen atoms in total. The number of carbonyl (C=O) groups is 1. The number of benzene rings is 2. The van der Waals surface area contributed by atoms with Crippen LogP contribution in [0, 0.1) is 17.0 Å². The molecule has 0 saturated heterocycles. The first-order chi connectivity index (χ1) is 13.4. The number of rotatable bonds is 6. The van der Waals surface area contributed by atoms with Gasteiger partial charge < -0.3 is 16.0 Å². The van der Waals surface area contributed by atoms with Gasteiger partial charge in [0, 0.05) is 31.1 Å². The summed E-state index contributed by atoms with van der Waals surface area (Å²) in [5.74, 6) is 0.321. The highest BCUT2D eigenvalue weighted by Crippen LogP contribution is 2.27. The molecule has 0 radical (unpaired) electrons. The summed E-state index contributed by atoms with van der Waals surface area (Å²) in [5.41, 5.74) is 7.81. The first kappa shape index (κ1) is 18.8. The van der Waals surface area contributed by atoms with Crippen molar-refractivity contribution in [1.82, 2.24) is 9.97 Å². The van der Waals surface area contributed by atoms with Gasteiger partial charge in [-0.15, -0.1) is 0 Å². The van der Waals surface area contributed by atoms with E-state index in [1.807, 2.05) is 0 Å². The molecule has 0 saturated carbocycles. The molecule has 3 N–H and O–H groups in total. The molecule has 0 unspecified atom stereocenters. The molecular weight excluding hydrogens is 360 g/mol. The number of primary amides is 1. The highest BCUT2D eigenvalue weighted by Gasteiger charge is 2.15. The molecule has 0 aliphatic rings. The van der Waals surface area contributed by atoms with E-state index in [1.165, 1.54) is 12.1 Å². The van der Waals surface area contributed by atoms with Crippen LogP contribution in [0.15, 0.2) is 54.7 Å². The molecule has 2 aromatic carbocycles. The maximum absolute atomic E-state index is 11.7. The van der Waals surface area contributed by atoms with E-state index in [2.05, 4.69) is 15.3 Å². The fraction of sp³-hybridized carbons (Fsp3) is 0.105. The normalized spacial score (nSPS) is 10.4. The van der Waals surface area contributed by atoms with Crippen molar-refractivity contribution in [2.75, 3.05) is 17.3 Å². The Morgan fingerprint density at radius 2 is 1.96 bits per heavy atom. The highest BCUT2D eigenvalue weighted by molar-refractivity contribution is 5.99. The summed E-state index contributed by atoms with van der Waals surface area (Å²) in [6, 6.07) is 13.1. The number of hydrogen-bond donors (Lipinski definition) is 2. The quantitative estimate of drug-likeness (QED) is 0.497. The third-order valence-corrected chi connectivity index (χ3v) is 4.16. The highest BCUT2D eigenvalue weighted by atomic mass is 16.6. The number of nitrogens with two attached hydrogens (primary N) is 1. The molecule has 0 spiro atoms. The lowest BCUT2D eigenvalue weighted by molar-refractivity contribution is -0.384. The SMILES string of the molecule is Cc1cc([N+](=O)[O-])ccc1Nc1ccnc(N(C)c2ccccc2C(N)=O)n1. The molecule has 1 amide bonds. The van der Waals surface area contributed by atoms with Gasteiger partial charge in [-0.25, -0.2) is 4.98 Å². The first-order valence-corrected chi connectivity index (χ1v) is 8.34. The van der Waals surface area contributed by atoms with Crippen LogP contribution in [0.4, 0.5) is 28.8 Å². The predicted octanol–water partition coefficient (Wildman–Crippen LogP) is 3.30. The Morgan fingerprint density at radius 3 is 2.64 bits per heavy atom. The van der Waals surface area contributed by atoms with Gasteiger partial charge in [0.25, 0.3) is 11.6 Å². The first-order valence-electron chi connectivity index (χ1n) is 8.34. The van der Waals surface area contributed by atoms with E-state index < -0.39 is 10.8 Å². The monoisotopic (exact) mass is 378 g/mol. The Balaban J connectivity index is 1.89. The number of nitro groups is 1. The van der Waals surface area contributed by atoms with Crippen molar-refractivity contribution in [1.29, 1.82) is 0 Å². The minimum absolute atomic E-state index is 0.0224. The van der Waals surface area contributed by atoms with Gasteiger partial charge in [-0.05, 0) is 36.8 Å². The summed E-state index contributed by atoms with van der Waals surface area (Å²) in [6.45, 7) is 1.77. The van der Waals surface area contributed by atoms with Crippen LogP contribution in [0.1, 0.15) is 15.9 Å². The number of aryl methyl sites for hydroxylation is 1. The average Bonchev–Trinajstić information content (AvgIpc) is 2.69. The lowest BCUT2D eigenvalue weighted by atomic mass is 10.1. The summed E-state index contributed by atoms with van der Waals surface area (Å²) in [7, 11) is 1.73. The fourth-order valence-corrected chi connectivity index (χ4v) is 2.70. The van der Waals surface area contributed by atoms with Crippen LogP contribution in [0.25, 0.3) is 0 Å². The van der Waals surface area contributed by atoms with E-state index >= 15 is 0 Å².